The molecule has 0 spiro atoms. The molecule has 3 aromatic heterocycles. The molecule has 0 aliphatic heterocycles. The Balaban J connectivity index is 1.73. The molecule has 0 aromatic carbocycles. The Hall–Kier alpha value is -3.29. The molecule has 0 unspecified atom stereocenters. The normalized spacial score (nSPS) is 10.5. The number of amides is 2. The maximum atomic E-state index is 12.3. The summed E-state index contributed by atoms with van der Waals surface area (Å²) < 4.78 is 11.6. The van der Waals surface area contributed by atoms with Crippen molar-refractivity contribution in [3.63, 3.8) is 0 Å². The fraction of sp³-hybridized carbons (Fsp3) is 0.133. The van der Waals surface area contributed by atoms with E-state index >= 15 is 0 Å². The van der Waals surface area contributed by atoms with E-state index in [4.69, 9.17) is 8.83 Å². The van der Waals surface area contributed by atoms with Gasteiger partial charge in [0.25, 0.3) is 11.8 Å². The van der Waals surface area contributed by atoms with Gasteiger partial charge in [-0.1, -0.05) is 0 Å². The number of carbonyl (C=O) groups is 2. The summed E-state index contributed by atoms with van der Waals surface area (Å²) in [6.07, 6.45) is 4.33. The van der Waals surface area contributed by atoms with E-state index < -0.39 is 5.91 Å². The van der Waals surface area contributed by atoms with Crippen LogP contribution in [0.5, 0.6) is 0 Å². The molecule has 23 heavy (non-hydrogen) atoms. The highest BCUT2D eigenvalue weighted by Gasteiger charge is 2.20. The molecule has 0 saturated heterocycles. The lowest BCUT2D eigenvalue weighted by atomic mass is 10.3. The van der Waals surface area contributed by atoms with Gasteiger partial charge in [-0.2, -0.15) is 5.10 Å². The lowest BCUT2D eigenvalue weighted by molar-refractivity contribution is 0.0939. The molecule has 3 heterocycles. The van der Waals surface area contributed by atoms with Crippen LogP contribution in [0.2, 0.25) is 0 Å². The number of carbonyl (C=O) groups excluding carboxylic acids is 2. The van der Waals surface area contributed by atoms with E-state index in [-0.39, 0.29) is 23.9 Å². The maximum absolute atomic E-state index is 12.3. The first-order valence-corrected chi connectivity index (χ1v) is 6.82. The standard InChI is InChI=1S/C15H14N4O4/c1-19-13(15(21)16-8-10-4-2-6-22-10)11(9-17-19)18-14(20)12-5-3-7-23-12/h2-7,9H,8H2,1H3,(H,16,21)(H,18,20). The second-order valence-corrected chi connectivity index (χ2v) is 4.72. The minimum atomic E-state index is -0.455. The van der Waals surface area contributed by atoms with Crippen LogP contribution in [0, 0.1) is 0 Å². The summed E-state index contributed by atoms with van der Waals surface area (Å²) in [6.45, 7) is 0.239. The maximum Gasteiger partial charge on any atom is 0.291 e. The van der Waals surface area contributed by atoms with Gasteiger partial charge in [0.1, 0.15) is 11.5 Å². The van der Waals surface area contributed by atoms with Crippen LogP contribution in [0.1, 0.15) is 26.8 Å². The van der Waals surface area contributed by atoms with Crippen molar-refractivity contribution in [3.05, 3.63) is 60.2 Å². The van der Waals surface area contributed by atoms with Gasteiger partial charge in [-0.3, -0.25) is 14.3 Å². The fourth-order valence-corrected chi connectivity index (χ4v) is 2.05. The molecule has 118 valence electrons. The molecule has 8 heteroatoms. The predicted octanol–water partition coefficient (Wildman–Crippen LogP) is 1.79. The zero-order valence-electron chi connectivity index (χ0n) is 12.3. The molecular weight excluding hydrogens is 300 g/mol. The average Bonchev–Trinajstić information content (AvgIpc) is 3.27. The van der Waals surface area contributed by atoms with Crippen molar-refractivity contribution in [3.8, 4) is 0 Å². The predicted molar refractivity (Wildman–Crippen MR) is 79.7 cm³/mol. The zero-order valence-corrected chi connectivity index (χ0v) is 12.3. The molecule has 0 fully saturated rings. The van der Waals surface area contributed by atoms with Crippen LogP contribution in [-0.4, -0.2) is 21.6 Å². The second-order valence-electron chi connectivity index (χ2n) is 4.72. The van der Waals surface area contributed by atoms with Gasteiger partial charge in [0.05, 0.1) is 31.0 Å². The number of hydrogen-bond donors (Lipinski definition) is 2. The van der Waals surface area contributed by atoms with Crippen molar-refractivity contribution in [1.29, 1.82) is 0 Å². The van der Waals surface area contributed by atoms with E-state index in [0.29, 0.717) is 11.4 Å². The smallest absolute Gasteiger partial charge is 0.291 e. The lowest BCUT2D eigenvalue weighted by Gasteiger charge is -2.07. The van der Waals surface area contributed by atoms with Gasteiger partial charge >= 0.3 is 0 Å². The topological polar surface area (TPSA) is 102 Å². The highest BCUT2D eigenvalue weighted by atomic mass is 16.3. The van der Waals surface area contributed by atoms with Crippen molar-refractivity contribution < 1.29 is 18.4 Å². The van der Waals surface area contributed by atoms with Crippen LogP contribution < -0.4 is 10.6 Å². The summed E-state index contributed by atoms with van der Waals surface area (Å²) >= 11 is 0. The highest BCUT2D eigenvalue weighted by molar-refractivity contribution is 6.07. The molecule has 2 amide bonds. The third-order valence-electron chi connectivity index (χ3n) is 3.15. The van der Waals surface area contributed by atoms with Gasteiger partial charge < -0.3 is 19.5 Å². The van der Waals surface area contributed by atoms with Crippen LogP contribution in [-0.2, 0) is 13.6 Å². The Kier molecular flexibility index (Phi) is 3.96. The second kappa shape index (κ2) is 6.22. The summed E-state index contributed by atoms with van der Waals surface area (Å²) in [6, 6.07) is 6.63. The molecule has 2 N–H and O–H groups in total. The lowest BCUT2D eigenvalue weighted by Crippen LogP contribution is -2.26. The summed E-state index contributed by atoms with van der Waals surface area (Å²) in [5.74, 6) is -0.0586. The molecule has 0 saturated carbocycles. The van der Waals surface area contributed by atoms with Gasteiger partial charge in [0.2, 0.25) is 0 Å². The molecule has 0 radical (unpaired) electrons. The minimum Gasteiger partial charge on any atom is -0.467 e. The molecule has 3 rings (SSSR count). The van der Waals surface area contributed by atoms with Crippen molar-refractivity contribution >= 4 is 17.5 Å². The monoisotopic (exact) mass is 314 g/mol. The van der Waals surface area contributed by atoms with E-state index in [1.807, 2.05) is 0 Å². The third kappa shape index (κ3) is 3.15. The van der Waals surface area contributed by atoms with Gasteiger partial charge in [0.15, 0.2) is 5.76 Å². The van der Waals surface area contributed by atoms with E-state index in [1.165, 1.54) is 29.5 Å². The Morgan fingerprint density at radius 1 is 1.17 bits per heavy atom. The average molecular weight is 314 g/mol. The Labute approximate surface area is 131 Å². The molecule has 0 aliphatic rings. The largest absolute Gasteiger partial charge is 0.467 e. The van der Waals surface area contributed by atoms with Gasteiger partial charge in [-0.15, -0.1) is 0 Å². The SMILES string of the molecule is Cn1ncc(NC(=O)c2ccco2)c1C(=O)NCc1ccco1. The number of nitrogens with one attached hydrogen (secondary N) is 2. The number of anilines is 1. The number of furan rings is 2. The number of rotatable bonds is 5. The molecule has 3 aromatic rings. The number of aromatic nitrogens is 2. The molecule has 0 atom stereocenters. The molecule has 0 aliphatic carbocycles. The van der Waals surface area contributed by atoms with Crippen LogP contribution in [0.3, 0.4) is 0 Å². The third-order valence-corrected chi connectivity index (χ3v) is 3.15. The summed E-state index contributed by atoms with van der Waals surface area (Å²) in [7, 11) is 1.62. The summed E-state index contributed by atoms with van der Waals surface area (Å²) in [5.41, 5.74) is 0.530. The Bertz CT molecular complexity index is 803. The number of nitrogens with zero attached hydrogens (tertiary/aromatic N) is 2. The fourth-order valence-electron chi connectivity index (χ4n) is 2.05. The molecule has 8 nitrogen and oxygen atoms in total. The van der Waals surface area contributed by atoms with E-state index in [9.17, 15) is 9.59 Å². The first-order chi connectivity index (χ1) is 11.1. The first-order valence-electron chi connectivity index (χ1n) is 6.82. The minimum absolute atomic E-state index is 0.149. The van der Waals surface area contributed by atoms with E-state index in [2.05, 4.69) is 15.7 Å². The van der Waals surface area contributed by atoms with Gasteiger partial charge in [0, 0.05) is 7.05 Å². The highest BCUT2D eigenvalue weighted by Crippen LogP contribution is 2.16. The van der Waals surface area contributed by atoms with Crippen LogP contribution in [0.15, 0.2) is 51.8 Å². The van der Waals surface area contributed by atoms with Crippen LogP contribution in [0.4, 0.5) is 5.69 Å². The molecular formula is C15H14N4O4. The van der Waals surface area contributed by atoms with Crippen molar-refractivity contribution in [2.45, 2.75) is 6.54 Å². The van der Waals surface area contributed by atoms with Crippen LogP contribution >= 0.6 is 0 Å². The van der Waals surface area contributed by atoms with E-state index in [0.717, 1.165) is 0 Å². The summed E-state index contributed by atoms with van der Waals surface area (Å²) in [5, 5.41) is 9.32. The van der Waals surface area contributed by atoms with Crippen molar-refractivity contribution in [2.75, 3.05) is 5.32 Å². The molecule has 0 bridgehead atoms. The van der Waals surface area contributed by atoms with Gasteiger partial charge in [-0.25, -0.2) is 0 Å². The van der Waals surface area contributed by atoms with Crippen LogP contribution in [0.25, 0.3) is 0 Å². The zero-order chi connectivity index (χ0) is 16.2. The summed E-state index contributed by atoms with van der Waals surface area (Å²) in [4.78, 5) is 24.3. The number of hydrogen-bond acceptors (Lipinski definition) is 5. The van der Waals surface area contributed by atoms with Gasteiger partial charge in [-0.05, 0) is 24.3 Å². The van der Waals surface area contributed by atoms with Crippen molar-refractivity contribution in [1.82, 2.24) is 15.1 Å². The number of aryl methyl sites for hydroxylation is 1. The van der Waals surface area contributed by atoms with Crippen molar-refractivity contribution in [2.24, 2.45) is 7.05 Å². The van der Waals surface area contributed by atoms with E-state index in [1.54, 1.807) is 25.2 Å². The Morgan fingerprint density at radius 2 is 1.96 bits per heavy atom. The first kappa shape index (κ1) is 14.6. The quantitative estimate of drug-likeness (QED) is 0.747. The Morgan fingerprint density at radius 3 is 2.65 bits per heavy atom.